The molecule has 1 saturated carbocycles. The molecular formula is C21H31N3O4. The average molecular weight is 389 g/mol. The predicted molar refractivity (Wildman–Crippen MR) is 107 cm³/mol. The van der Waals surface area contributed by atoms with Crippen LogP contribution in [-0.2, 0) is 16.0 Å². The summed E-state index contributed by atoms with van der Waals surface area (Å²) in [6, 6.07) is 9.44. The summed E-state index contributed by atoms with van der Waals surface area (Å²) in [5, 5.41) is 17.8. The van der Waals surface area contributed by atoms with E-state index in [4.69, 9.17) is 0 Å². The van der Waals surface area contributed by atoms with E-state index >= 15 is 0 Å². The van der Waals surface area contributed by atoms with Gasteiger partial charge in [0.05, 0.1) is 5.92 Å². The van der Waals surface area contributed by atoms with Crippen LogP contribution < -0.4 is 16.0 Å². The number of aliphatic carboxylic acids is 1. The van der Waals surface area contributed by atoms with Crippen molar-refractivity contribution in [1.82, 2.24) is 16.0 Å². The molecule has 1 atom stereocenters. The zero-order chi connectivity index (χ0) is 20.2. The van der Waals surface area contributed by atoms with Crippen LogP contribution in [0.2, 0.25) is 0 Å². The number of carboxylic acid groups (broad SMARTS) is 1. The minimum absolute atomic E-state index is 0.0959. The molecule has 1 aromatic rings. The second-order valence-corrected chi connectivity index (χ2v) is 7.37. The van der Waals surface area contributed by atoms with Crippen molar-refractivity contribution in [2.24, 2.45) is 5.92 Å². The number of benzene rings is 1. The maximum Gasteiger partial charge on any atom is 0.315 e. The number of amides is 3. The standard InChI is InChI=1S/C21H31N3O4/c25-19(12-7-13-22-21(28)24-18-10-5-2-6-11-18)23-15-17(20(26)27)14-16-8-3-1-4-9-16/h1,3-4,8-9,17-18H,2,5-7,10-15H2,(H,23,25)(H,26,27)(H2,22,24,28). The fourth-order valence-corrected chi connectivity index (χ4v) is 3.41. The van der Waals surface area contributed by atoms with Gasteiger partial charge in [-0.1, -0.05) is 49.6 Å². The van der Waals surface area contributed by atoms with Gasteiger partial charge in [-0.05, 0) is 31.2 Å². The molecule has 0 heterocycles. The lowest BCUT2D eigenvalue weighted by molar-refractivity contribution is -0.141. The molecule has 0 radical (unpaired) electrons. The monoisotopic (exact) mass is 389 g/mol. The molecule has 0 saturated heterocycles. The molecule has 0 aliphatic heterocycles. The Balaban J connectivity index is 1.59. The first-order chi connectivity index (χ1) is 13.5. The molecular weight excluding hydrogens is 358 g/mol. The van der Waals surface area contributed by atoms with Crippen molar-refractivity contribution < 1.29 is 19.5 Å². The van der Waals surface area contributed by atoms with Crippen molar-refractivity contribution in [3.05, 3.63) is 35.9 Å². The number of hydrogen-bond donors (Lipinski definition) is 4. The highest BCUT2D eigenvalue weighted by atomic mass is 16.4. The minimum atomic E-state index is -0.926. The number of nitrogens with one attached hydrogen (secondary N) is 3. The first kappa shape index (κ1) is 21.7. The van der Waals surface area contributed by atoms with Crippen LogP contribution in [0.5, 0.6) is 0 Å². The van der Waals surface area contributed by atoms with Gasteiger partial charge >= 0.3 is 12.0 Å². The zero-order valence-electron chi connectivity index (χ0n) is 16.3. The highest BCUT2D eigenvalue weighted by Gasteiger charge is 2.19. The van der Waals surface area contributed by atoms with Gasteiger partial charge in [-0.2, -0.15) is 0 Å². The van der Waals surface area contributed by atoms with Crippen LogP contribution in [0.1, 0.15) is 50.5 Å². The van der Waals surface area contributed by atoms with E-state index in [1.54, 1.807) is 0 Å². The van der Waals surface area contributed by atoms with E-state index in [9.17, 15) is 19.5 Å². The second kappa shape index (κ2) is 12.0. The average Bonchev–Trinajstić information content (AvgIpc) is 2.70. The van der Waals surface area contributed by atoms with Crippen LogP contribution in [0.3, 0.4) is 0 Å². The minimum Gasteiger partial charge on any atom is -0.481 e. The van der Waals surface area contributed by atoms with Crippen molar-refractivity contribution in [2.75, 3.05) is 13.1 Å². The summed E-state index contributed by atoms with van der Waals surface area (Å²) in [6.07, 6.45) is 6.76. The van der Waals surface area contributed by atoms with Crippen LogP contribution >= 0.6 is 0 Å². The van der Waals surface area contributed by atoms with Crippen LogP contribution in [0.15, 0.2) is 30.3 Å². The number of carboxylic acids is 1. The Bertz CT molecular complexity index is 630. The Labute approximate surface area is 166 Å². The van der Waals surface area contributed by atoms with Gasteiger partial charge in [-0.15, -0.1) is 0 Å². The van der Waals surface area contributed by atoms with Gasteiger partial charge in [0.25, 0.3) is 0 Å². The molecule has 1 aliphatic rings. The summed E-state index contributed by atoms with van der Waals surface area (Å²) in [7, 11) is 0. The molecule has 0 bridgehead atoms. The number of rotatable bonds is 10. The molecule has 1 aliphatic carbocycles. The molecule has 28 heavy (non-hydrogen) atoms. The lowest BCUT2D eigenvalue weighted by Crippen LogP contribution is -2.43. The Morgan fingerprint density at radius 2 is 1.75 bits per heavy atom. The Hall–Kier alpha value is -2.57. The highest BCUT2D eigenvalue weighted by Crippen LogP contribution is 2.17. The van der Waals surface area contributed by atoms with Gasteiger partial charge in [0.15, 0.2) is 0 Å². The topological polar surface area (TPSA) is 108 Å². The first-order valence-electron chi connectivity index (χ1n) is 10.1. The molecule has 1 unspecified atom stereocenters. The van der Waals surface area contributed by atoms with E-state index in [2.05, 4.69) is 16.0 Å². The summed E-state index contributed by atoms with van der Waals surface area (Å²) >= 11 is 0. The molecule has 7 nitrogen and oxygen atoms in total. The molecule has 3 amide bonds. The van der Waals surface area contributed by atoms with Crippen molar-refractivity contribution in [3.8, 4) is 0 Å². The molecule has 1 aromatic carbocycles. The molecule has 0 spiro atoms. The molecule has 4 N–H and O–H groups in total. The fourth-order valence-electron chi connectivity index (χ4n) is 3.41. The van der Waals surface area contributed by atoms with E-state index in [0.29, 0.717) is 19.4 Å². The van der Waals surface area contributed by atoms with Crippen LogP contribution in [-0.4, -0.2) is 42.1 Å². The third-order valence-corrected chi connectivity index (χ3v) is 5.03. The van der Waals surface area contributed by atoms with E-state index in [1.807, 2.05) is 30.3 Å². The molecule has 154 valence electrons. The third-order valence-electron chi connectivity index (χ3n) is 5.03. The zero-order valence-corrected chi connectivity index (χ0v) is 16.3. The maximum absolute atomic E-state index is 12.0. The number of urea groups is 1. The Kier molecular flexibility index (Phi) is 9.31. The molecule has 1 fully saturated rings. The Morgan fingerprint density at radius 3 is 2.43 bits per heavy atom. The van der Waals surface area contributed by atoms with Crippen molar-refractivity contribution in [1.29, 1.82) is 0 Å². The first-order valence-corrected chi connectivity index (χ1v) is 10.1. The Morgan fingerprint density at radius 1 is 1.04 bits per heavy atom. The van der Waals surface area contributed by atoms with Gasteiger partial charge < -0.3 is 21.1 Å². The van der Waals surface area contributed by atoms with Crippen molar-refractivity contribution in [2.45, 2.75) is 57.4 Å². The van der Waals surface area contributed by atoms with Gasteiger partial charge in [-0.25, -0.2) is 4.79 Å². The van der Waals surface area contributed by atoms with E-state index in [1.165, 1.54) is 6.42 Å². The van der Waals surface area contributed by atoms with E-state index < -0.39 is 11.9 Å². The number of carbonyl (C=O) groups excluding carboxylic acids is 2. The smallest absolute Gasteiger partial charge is 0.315 e. The maximum atomic E-state index is 12.0. The highest BCUT2D eigenvalue weighted by molar-refractivity contribution is 5.77. The third kappa shape index (κ3) is 8.41. The molecule has 0 aromatic heterocycles. The van der Waals surface area contributed by atoms with Gasteiger partial charge in [0.2, 0.25) is 5.91 Å². The number of hydrogen-bond acceptors (Lipinski definition) is 3. The van der Waals surface area contributed by atoms with E-state index in [0.717, 1.165) is 31.2 Å². The SMILES string of the molecule is O=C(CCCNC(=O)NC1CCCCC1)NCC(Cc1ccccc1)C(=O)O. The lowest BCUT2D eigenvalue weighted by atomic mass is 9.96. The van der Waals surface area contributed by atoms with Gasteiger partial charge in [0, 0.05) is 25.6 Å². The van der Waals surface area contributed by atoms with Crippen molar-refractivity contribution >= 4 is 17.9 Å². The molecule has 2 rings (SSSR count). The summed E-state index contributed by atoms with van der Waals surface area (Å²) in [4.78, 5) is 35.2. The van der Waals surface area contributed by atoms with Gasteiger partial charge in [0.1, 0.15) is 0 Å². The van der Waals surface area contributed by atoms with E-state index in [-0.39, 0.29) is 30.9 Å². The summed E-state index contributed by atoms with van der Waals surface area (Å²) < 4.78 is 0. The summed E-state index contributed by atoms with van der Waals surface area (Å²) in [5.74, 6) is -1.79. The van der Waals surface area contributed by atoms with Gasteiger partial charge in [-0.3, -0.25) is 9.59 Å². The summed E-state index contributed by atoms with van der Waals surface area (Å²) in [6.45, 7) is 0.511. The number of carbonyl (C=O) groups is 3. The van der Waals surface area contributed by atoms with Crippen LogP contribution in [0.25, 0.3) is 0 Å². The fraction of sp³-hybridized carbons (Fsp3) is 0.571. The second-order valence-electron chi connectivity index (χ2n) is 7.37. The summed E-state index contributed by atoms with van der Waals surface area (Å²) in [5.41, 5.74) is 0.928. The largest absolute Gasteiger partial charge is 0.481 e. The quantitative estimate of drug-likeness (QED) is 0.461. The van der Waals surface area contributed by atoms with Crippen LogP contribution in [0.4, 0.5) is 4.79 Å². The lowest BCUT2D eigenvalue weighted by Gasteiger charge is -2.22. The predicted octanol–water partition coefficient (Wildman–Crippen LogP) is 2.46. The normalized spacial score (nSPS) is 15.4. The van der Waals surface area contributed by atoms with Crippen LogP contribution in [0, 0.1) is 5.92 Å². The molecule has 7 heteroatoms. The van der Waals surface area contributed by atoms with Crippen molar-refractivity contribution in [3.63, 3.8) is 0 Å².